The van der Waals surface area contributed by atoms with Crippen LogP contribution in [0.1, 0.15) is 35.2 Å². The van der Waals surface area contributed by atoms with Crippen LogP contribution < -0.4 is 15.4 Å². The molecule has 8 nitrogen and oxygen atoms in total. The van der Waals surface area contributed by atoms with E-state index in [-0.39, 0.29) is 34.6 Å². The van der Waals surface area contributed by atoms with Crippen LogP contribution in [-0.4, -0.2) is 61.3 Å². The van der Waals surface area contributed by atoms with Crippen LogP contribution >= 0.6 is 23.4 Å². The molecule has 214 valence electrons. The van der Waals surface area contributed by atoms with Crippen molar-refractivity contribution < 1.29 is 23.9 Å². The SMILES string of the molecule is COc1cc(NC(=O)CCN2CCC(OC(=O)NC3=C(c4ccccc4)C4C=CC=CC4S3)CC2)c(Cl)cc1C=O. The summed E-state index contributed by atoms with van der Waals surface area (Å²) >= 11 is 7.87. The van der Waals surface area contributed by atoms with E-state index in [1.54, 1.807) is 17.8 Å². The number of likely N-dealkylation sites (tertiary alicyclic amines) is 1. The Bertz CT molecular complexity index is 1390. The highest BCUT2D eigenvalue weighted by Gasteiger charge is 2.35. The Morgan fingerprint density at radius 2 is 1.85 bits per heavy atom. The van der Waals surface area contributed by atoms with Gasteiger partial charge in [-0.2, -0.15) is 0 Å². The highest BCUT2D eigenvalue weighted by Crippen LogP contribution is 2.48. The second-order valence-electron chi connectivity index (χ2n) is 10.0. The summed E-state index contributed by atoms with van der Waals surface area (Å²) in [6.07, 6.45) is 10.2. The number of nitrogens with one attached hydrogen (secondary N) is 2. The number of benzene rings is 2. The molecule has 0 saturated carbocycles. The van der Waals surface area contributed by atoms with E-state index in [0.29, 0.717) is 42.7 Å². The summed E-state index contributed by atoms with van der Waals surface area (Å²) < 4.78 is 11.0. The maximum atomic E-state index is 12.9. The Balaban J connectivity index is 1.09. The molecule has 2 aliphatic heterocycles. The minimum atomic E-state index is -0.432. The van der Waals surface area contributed by atoms with Gasteiger partial charge in [-0.3, -0.25) is 14.9 Å². The standard InChI is InChI=1S/C31H32ClN3O5S/c1-39-26-18-25(24(32)17-21(26)19-36)33-28(37)13-16-35-14-11-22(12-15-35)40-31(38)34-30-29(20-7-3-2-4-8-20)23-9-5-6-10-27(23)41-30/h2-10,17-19,22-23,27H,11-16H2,1H3,(H,33,37)(H,34,38). The van der Waals surface area contributed by atoms with Crippen molar-refractivity contribution in [2.75, 3.05) is 32.1 Å². The quantitative estimate of drug-likeness (QED) is 0.349. The first-order chi connectivity index (χ1) is 19.9. The number of piperidine rings is 1. The number of ether oxygens (including phenoxy) is 2. The van der Waals surface area contributed by atoms with Crippen molar-refractivity contribution in [3.63, 3.8) is 0 Å². The van der Waals surface area contributed by atoms with Crippen molar-refractivity contribution >= 4 is 52.9 Å². The smallest absolute Gasteiger partial charge is 0.412 e. The summed E-state index contributed by atoms with van der Waals surface area (Å²) in [6.45, 7) is 2.01. The highest BCUT2D eigenvalue weighted by molar-refractivity contribution is 8.04. The second-order valence-corrected chi connectivity index (χ2v) is 11.6. The fraction of sp³-hybridized carbons (Fsp3) is 0.323. The number of alkyl carbamates (subject to hydrolysis) is 1. The molecule has 1 saturated heterocycles. The maximum Gasteiger partial charge on any atom is 0.412 e. The van der Waals surface area contributed by atoms with Crippen molar-refractivity contribution in [1.29, 1.82) is 0 Å². The van der Waals surface area contributed by atoms with E-state index in [9.17, 15) is 14.4 Å². The molecular weight excluding hydrogens is 562 g/mol. The van der Waals surface area contributed by atoms with Crippen LogP contribution in [0.3, 0.4) is 0 Å². The number of carbonyl (C=O) groups is 3. The Morgan fingerprint density at radius 3 is 2.59 bits per heavy atom. The monoisotopic (exact) mass is 593 g/mol. The van der Waals surface area contributed by atoms with Gasteiger partial charge in [-0.05, 0) is 30.0 Å². The molecule has 10 heteroatoms. The first kappa shape index (κ1) is 29.0. The van der Waals surface area contributed by atoms with Gasteiger partial charge in [0.25, 0.3) is 0 Å². The van der Waals surface area contributed by atoms with Crippen LogP contribution in [0.4, 0.5) is 10.5 Å². The number of halogens is 1. The van der Waals surface area contributed by atoms with E-state index < -0.39 is 6.09 Å². The third-order valence-electron chi connectivity index (χ3n) is 7.40. The molecule has 2 heterocycles. The van der Waals surface area contributed by atoms with Crippen molar-refractivity contribution in [2.24, 2.45) is 5.92 Å². The van der Waals surface area contributed by atoms with Crippen LogP contribution in [0.15, 0.2) is 71.8 Å². The molecular formula is C31H32ClN3O5S. The lowest BCUT2D eigenvalue weighted by Gasteiger charge is -2.31. The zero-order chi connectivity index (χ0) is 28.8. The van der Waals surface area contributed by atoms with Crippen LogP contribution in [0.25, 0.3) is 5.57 Å². The largest absolute Gasteiger partial charge is 0.496 e. The molecule has 2 amide bonds. The molecule has 5 rings (SSSR count). The second kappa shape index (κ2) is 13.4. The summed E-state index contributed by atoms with van der Waals surface area (Å²) in [5.41, 5.74) is 2.93. The van der Waals surface area contributed by atoms with Gasteiger partial charge in [0, 0.05) is 43.3 Å². The fourth-order valence-corrected chi connectivity index (χ4v) is 6.84. The summed E-state index contributed by atoms with van der Waals surface area (Å²) in [5.74, 6) is 0.362. The van der Waals surface area contributed by atoms with Gasteiger partial charge in [-0.15, -0.1) is 0 Å². The number of nitrogens with zero attached hydrogens (tertiary/aromatic N) is 1. The number of thioether (sulfide) groups is 1. The van der Waals surface area contributed by atoms with Gasteiger partial charge < -0.3 is 19.7 Å². The van der Waals surface area contributed by atoms with Gasteiger partial charge >= 0.3 is 6.09 Å². The first-order valence-electron chi connectivity index (χ1n) is 13.6. The average Bonchev–Trinajstić information content (AvgIpc) is 3.35. The Labute approximate surface area is 248 Å². The van der Waals surface area contributed by atoms with Crippen molar-refractivity contribution in [2.45, 2.75) is 30.6 Å². The van der Waals surface area contributed by atoms with E-state index >= 15 is 0 Å². The van der Waals surface area contributed by atoms with Gasteiger partial charge in [0.15, 0.2) is 6.29 Å². The zero-order valence-electron chi connectivity index (χ0n) is 22.7. The molecule has 0 spiro atoms. The normalized spacial score (nSPS) is 20.4. The third kappa shape index (κ3) is 7.04. The van der Waals surface area contributed by atoms with Gasteiger partial charge in [0.1, 0.15) is 11.9 Å². The van der Waals surface area contributed by atoms with Gasteiger partial charge in [-0.1, -0.05) is 78.0 Å². The third-order valence-corrected chi connectivity index (χ3v) is 8.99. The number of methoxy groups -OCH3 is 1. The van der Waals surface area contributed by atoms with Crippen LogP contribution in [0.5, 0.6) is 5.75 Å². The average molecular weight is 594 g/mol. The number of allylic oxidation sites excluding steroid dienone is 4. The minimum absolute atomic E-state index is 0.183. The fourth-order valence-electron chi connectivity index (χ4n) is 5.28. The zero-order valence-corrected chi connectivity index (χ0v) is 24.2. The Morgan fingerprint density at radius 1 is 1.10 bits per heavy atom. The summed E-state index contributed by atoms with van der Waals surface area (Å²) in [7, 11) is 1.45. The van der Waals surface area contributed by atoms with E-state index in [2.05, 4.69) is 45.9 Å². The molecule has 2 aromatic carbocycles. The van der Waals surface area contributed by atoms with E-state index in [1.807, 2.05) is 24.3 Å². The van der Waals surface area contributed by atoms with Gasteiger partial charge in [0.2, 0.25) is 5.91 Å². The van der Waals surface area contributed by atoms with Crippen molar-refractivity contribution in [3.8, 4) is 5.75 Å². The minimum Gasteiger partial charge on any atom is -0.496 e. The molecule has 2 aromatic rings. The molecule has 41 heavy (non-hydrogen) atoms. The van der Waals surface area contributed by atoms with E-state index in [1.165, 1.54) is 13.2 Å². The molecule has 2 N–H and O–H groups in total. The highest BCUT2D eigenvalue weighted by atomic mass is 35.5. The Hall–Kier alpha value is -3.53. The lowest BCUT2D eigenvalue weighted by molar-refractivity contribution is -0.116. The number of hydrogen-bond acceptors (Lipinski definition) is 7. The molecule has 1 fully saturated rings. The lowest BCUT2D eigenvalue weighted by atomic mass is 9.88. The number of fused-ring (bicyclic) bond motifs is 1. The molecule has 2 unspecified atom stereocenters. The predicted molar refractivity (Wildman–Crippen MR) is 162 cm³/mol. The summed E-state index contributed by atoms with van der Waals surface area (Å²) in [6, 6.07) is 13.2. The number of rotatable bonds is 9. The number of carbonyl (C=O) groups excluding carboxylic acids is 3. The first-order valence-corrected chi connectivity index (χ1v) is 14.8. The maximum absolute atomic E-state index is 12.9. The van der Waals surface area contributed by atoms with Crippen molar-refractivity contribution in [3.05, 3.63) is 87.9 Å². The lowest BCUT2D eigenvalue weighted by Crippen LogP contribution is -2.40. The Kier molecular flexibility index (Phi) is 9.49. The molecule has 0 radical (unpaired) electrons. The van der Waals surface area contributed by atoms with Crippen LogP contribution in [-0.2, 0) is 9.53 Å². The van der Waals surface area contributed by atoms with E-state index in [0.717, 1.165) is 29.3 Å². The number of amides is 2. The van der Waals surface area contributed by atoms with Gasteiger partial charge in [0.05, 0.1) is 28.4 Å². The summed E-state index contributed by atoms with van der Waals surface area (Å²) in [5, 5.41) is 7.19. The molecule has 3 aliphatic rings. The number of anilines is 1. The van der Waals surface area contributed by atoms with E-state index in [4.69, 9.17) is 21.1 Å². The molecule has 0 bridgehead atoms. The molecule has 2 atom stereocenters. The molecule has 1 aliphatic carbocycles. The van der Waals surface area contributed by atoms with Gasteiger partial charge in [-0.25, -0.2) is 4.79 Å². The van der Waals surface area contributed by atoms with Crippen LogP contribution in [0.2, 0.25) is 5.02 Å². The predicted octanol–water partition coefficient (Wildman–Crippen LogP) is 5.91. The molecule has 0 aromatic heterocycles. The number of hydrogen-bond donors (Lipinski definition) is 2. The van der Waals surface area contributed by atoms with Crippen LogP contribution in [0, 0.1) is 5.92 Å². The topological polar surface area (TPSA) is 97.0 Å². The number of aldehydes is 1. The van der Waals surface area contributed by atoms with Crippen molar-refractivity contribution in [1.82, 2.24) is 10.2 Å². The summed E-state index contributed by atoms with van der Waals surface area (Å²) in [4.78, 5) is 38.8.